The third-order valence-electron chi connectivity index (χ3n) is 2.90. The van der Waals surface area contributed by atoms with E-state index >= 15 is 0 Å². The smallest absolute Gasteiger partial charge is 0.234 e. The third-order valence-corrected chi connectivity index (χ3v) is 3.49. The molecule has 0 saturated heterocycles. The molecule has 1 aromatic carbocycles. The molecule has 0 aromatic heterocycles. The number of hydrogen-bond donors (Lipinski definition) is 2. The molecule has 1 aromatic rings. The maximum Gasteiger partial charge on any atom is 0.234 e. The molecule has 0 radical (unpaired) electrons. The summed E-state index contributed by atoms with van der Waals surface area (Å²) < 4.78 is 16.8. The molecule has 1 heterocycles. The van der Waals surface area contributed by atoms with Crippen LogP contribution in [0.5, 0.6) is 11.5 Å². The van der Waals surface area contributed by atoms with Gasteiger partial charge in [0.25, 0.3) is 0 Å². The van der Waals surface area contributed by atoms with Crippen LogP contribution >= 0.6 is 15.9 Å². The summed E-state index contributed by atoms with van der Waals surface area (Å²) >= 11 is 3.47. The first kappa shape index (κ1) is 16.1. The van der Waals surface area contributed by atoms with Crippen LogP contribution in [-0.2, 0) is 16.1 Å². The highest BCUT2D eigenvalue weighted by Gasteiger charge is 2.16. The van der Waals surface area contributed by atoms with E-state index in [1.807, 2.05) is 12.1 Å². The van der Waals surface area contributed by atoms with Crippen molar-refractivity contribution in [3.8, 4) is 11.5 Å². The van der Waals surface area contributed by atoms with Crippen LogP contribution in [0.25, 0.3) is 0 Å². The SMILES string of the molecule is COCCNC(=O)CNCc1cc(Br)c2c(c1)OCCO2. The number of fused-ring (bicyclic) bond motifs is 1. The Morgan fingerprint density at radius 1 is 1.38 bits per heavy atom. The first-order valence-electron chi connectivity index (χ1n) is 6.75. The second-order valence-corrected chi connectivity index (χ2v) is 5.40. The molecule has 0 atom stereocenters. The summed E-state index contributed by atoms with van der Waals surface area (Å²) in [7, 11) is 1.60. The minimum absolute atomic E-state index is 0.0522. The fourth-order valence-corrected chi connectivity index (χ4v) is 2.55. The molecular formula is C14H19BrN2O4. The number of nitrogens with one attached hydrogen (secondary N) is 2. The lowest BCUT2D eigenvalue weighted by molar-refractivity contribution is -0.120. The number of ether oxygens (including phenoxy) is 3. The second-order valence-electron chi connectivity index (χ2n) is 4.55. The highest BCUT2D eigenvalue weighted by atomic mass is 79.9. The summed E-state index contributed by atoms with van der Waals surface area (Å²) in [6.07, 6.45) is 0. The maximum atomic E-state index is 11.5. The fourth-order valence-electron chi connectivity index (χ4n) is 1.94. The van der Waals surface area contributed by atoms with Crippen molar-refractivity contribution in [3.63, 3.8) is 0 Å². The largest absolute Gasteiger partial charge is 0.486 e. The molecule has 1 amide bonds. The molecule has 1 aliphatic heterocycles. The summed E-state index contributed by atoms with van der Waals surface area (Å²) in [5, 5.41) is 5.84. The van der Waals surface area contributed by atoms with Crippen LogP contribution in [0.4, 0.5) is 0 Å². The van der Waals surface area contributed by atoms with Crippen molar-refractivity contribution in [3.05, 3.63) is 22.2 Å². The summed E-state index contributed by atoms with van der Waals surface area (Å²) in [4.78, 5) is 11.5. The Balaban J connectivity index is 1.81. The van der Waals surface area contributed by atoms with Gasteiger partial charge in [0.2, 0.25) is 5.91 Å². The summed E-state index contributed by atoms with van der Waals surface area (Å²) in [5.74, 6) is 1.42. The van der Waals surface area contributed by atoms with E-state index in [1.165, 1.54) is 0 Å². The molecule has 0 bridgehead atoms. The summed E-state index contributed by atoms with van der Waals surface area (Å²) in [6.45, 7) is 2.99. The van der Waals surface area contributed by atoms with Crippen molar-refractivity contribution in [2.75, 3.05) is 40.0 Å². The van der Waals surface area contributed by atoms with E-state index in [-0.39, 0.29) is 12.5 Å². The van der Waals surface area contributed by atoms with Crippen LogP contribution in [0, 0.1) is 0 Å². The molecule has 2 rings (SSSR count). The van der Waals surface area contributed by atoms with Gasteiger partial charge < -0.3 is 24.8 Å². The topological polar surface area (TPSA) is 68.8 Å². The monoisotopic (exact) mass is 358 g/mol. The van der Waals surface area contributed by atoms with Crippen molar-refractivity contribution in [1.82, 2.24) is 10.6 Å². The van der Waals surface area contributed by atoms with Crippen molar-refractivity contribution >= 4 is 21.8 Å². The number of rotatable bonds is 7. The highest BCUT2D eigenvalue weighted by Crippen LogP contribution is 2.38. The van der Waals surface area contributed by atoms with Gasteiger partial charge in [0.15, 0.2) is 11.5 Å². The van der Waals surface area contributed by atoms with Crippen LogP contribution < -0.4 is 20.1 Å². The normalized spacial score (nSPS) is 13.0. The summed E-state index contributed by atoms with van der Waals surface area (Å²) in [5.41, 5.74) is 1.02. The molecule has 0 spiro atoms. The van der Waals surface area contributed by atoms with E-state index < -0.39 is 0 Å². The quantitative estimate of drug-likeness (QED) is 0.713. The fraction of sp³-hybridized carbons (Fsp3) is 0.500. The van der Waals surface area contributed by atoms with E-state index in [0.717, 1.165) is 21.5 Å². The van der Waals surface area contributed by atoms with Gasteiger partial charge in [-0.2, -0.15) is 0 Å². The van der Waals surface area contributed by atoms with Gasteiger partial charge in [-0.1, -0.05) is 0 Å². The Kier molecular flexibility index (Phi) is 6.28. The lowest BCUT2D eigenvalue weighted by Gasteiger charge is -2.20. The van der Waals surface area contributed by atoms with Crippen LogP contribution in [0.2, 0.25) is 0 Å². The zero-order valence-electron chi connectivity index (χ0n) is 11.9. The molecular weight excluding hydrogens is 340 g/mol. The molecule has 0 saturated carbocycles. The lowest BCUT2D eigenvalue weighted by atomic mass is 10.2. The van der Waals surface area contributed by atoms with E-state index in [1.54, 1.807) is 7.11 Å². The van der Waals surface area contributed by atoms with Crippen LogP contribution in [0.15, 0.2) is 16.6 Å². The minimum Gasteiger partial charge on any atom is -0.486 e. The number of amides is 1. The first-order chi connectivity index (χ1) is 10.2. The second kappa shape index (κ2) is 8.21. The van der Waals surface area contributed by atoms with Gasteiger partial charge in [-0.05, 0) is 33.6 Å². The predicted molar refractivity (Wildman–Crippen MR) is 81.7 cm³/mol. The molecule has 0 unspecified atom stereocenters. The molecule has 7 heteroatoms. The number of hydrogen-bond acceptors (Lipinski definition) is 5. The van der Waals surface area contributed by atoms with Crippen LogP contribution in [0.3, 0.4) is 0 Å². The number of carbonyl (C=O) groups is 1. The molecule has 21 heavy (non-hydrogen) atoms. The van der Waals surface area contributed by atoms with Gasteiger partial charge in [-0.25, -0.2) is 0 Å². The Bertz CT molecular complexity index is 496. The number of halogens is 1. The molecule has 2 N–H and O–H groups in total. The Morgan fingerprint density at radius 2 is 2.19 bits per heavy atom. The Labute approximate surface area is 132 Å². The zero-order chi connectivity index (χ0) is 15.1. The van der Waals surface area contributed by atoms with E-state index in [9.17, 15) is 4.79 Å². The van der Waals surface area contributed by atoms with Gasteiger partial charge in [0, 0.05) is 20.2 Å². The van der Waals surface area contributed by atoms with Crippen LogP contribution in [-0.4, -0.2) is 45.9 Å². The van der Waals surface area contributed by atoms with Crippen molar-refractivity contribution in [1.29, 1.82) is 0 Å². The standard InChI is InChI=1S/C14H19BrN2O4/c1-19-3-2-17-13(18)9-16-8-10-6-11(15)14-12(7-10)20-4-5-21-14/h6-7,16H,2-5,8-9H2,1H3,(H,17,18). The van der Waals surface area contributed by atoms with Crippen molar-refractivity contribution < 1.29 is 19.0 Å². The maximum absolute atomic E-state index is 11.5. The molecule has 0 fully saturated rings. The number of benzene rings is 1. The Morgan fingerprint density at radius 3 is 3.00 bits per heavy atom. The third kappa shape index (κ3) is 4.87. The first-order valence-corrected chi connectivity index (χ1v) is 7.54. The average Bonchev–Trinajstić information content (AvgIpc) is 2.48. The molecule has 1 aliphatic rings. The average molecular weight is 359 g/mol. The van der Waals surface area contributed by atoms with Gasteiger partial charge in [0.05, 0.1) is 17.6 Å². The van der Waals surface area contributed by atoms with E-state index in [4.69, 9.17) is 14.2 Å². The zero-order valence-corrected chi connectivity index (χ0v) is 13.5. The van der Waals surface area contributed by atoms with Gasteiger partial charge in [0.1, 0.15) is 13.2 Å². The van der Waals surface area contributed by atoms with E-state index in [2.05, 4.69) is 26.6 Å². The predicted octanol–water partition coefficient (Wildman–Crippen LogP) is 1.07. The highest BCUT2D eigenvalue weighted by molar-refractivity contribution is 9.10. The van der Waals surface area contributed by atoms with Gasteiger partial charge >= 0.3 is 0 Å². The van der Waals surface area contributed by atoms with Crippen molar-refractivity contribution in [2.24, 2.45) is 0 Å². The van der Waals surface area contributed by atoms with Crippen molar-refractivity contribution in [2.45, 2.75) is 6.54 Å². The van der Waals surface area contributed by atoms with E-state index in [0.29, 0.717) is 32.9 Å². The number of carbonyl (C=O) groups excluding carboxylic acids is 1. The van der Waals surface area contributed by atoms with Gasteiger partial charge in [-0.3, -0.25) is 4.79 Å². The molecule has 6 nitrogen and oxygen atoms in total. The van der Waals surface area contributed by atoms with Crippen LogP contribution in [0.1, 0.15) is 5.56 Å². The molecule has 0 aliphatic carbocycles. The Hall–Kier alpha value is -1.31. The molecule has 116 valence electrons. The minimum atomic E-state index is -0.0522. The number of methoxy groups -OCH3 is 1. The van der Waals surface area contributed by atoms with Gasteiger partial charge in [-0.15, -0.1) is 0 Å². The lowest BCUT2D eigenvalue weighted by Crippen LogP contribution is -2.35. The summed E-state index contributed by atoms with van der Waals surface area (Å²) in [6, 6.07) is 3.89.